The molecule has 9 heteroatoms. The maximum atomic E-state index is 11.9. The monoisotopic (exact) mass is 618 g/mol. The summed E-state index contributed by atoms with van der Waals surface area (Å²) in [6.45, 7) is 2.81. The number of hydrogen-bond acceptors (Lipinski definition) is 7. The number of rotatable bonds is 13. The normalized spacial score (nSPS) is 11.8. The molecule has 1 heterocycles. The summed E-state index contributed by atoms with van der Waals surface area (Å²) in [5.41, 5.74) is 6.81. The molecule has 5 rings (SSSR count). The molecule has 1 atom stereocenters. The van der Waals surface area contributed by atoms with Gasteiger partial charge >= 0.3 is 0 Å². The molecule has 8 nitrogen and oxygen atoms in total. The highest BCUT2D eigenvalue weighted by Crippen LogP contribution is 2.31. The van der Waals surface area contributed by atoms with Crippen molar-refractivity contribution in [2.75, 3.05) is 16.3 Å². The lowest BCUT2D eigenvalue weighted by Gasteiger charge is -2.23. The average molecular weight is 619 g/mol. The van der Waals surface area contributed by atoms with Gasteiger partial charge < -0.3 is 14.8 Å². The van der Waals surface area contributed by atoms with E-state index in [9.17, 15) is 13.7 Å². The van der Waals surface area contributed by atoms with Gasteiger partial charge in [-0.15, -0.1) is 0 Å². The van der Waals surface area contributed by atoms with Crippen LogP contribution in [0.15, 0.2) is 116 Å². The molecule has 0 spiro atoms. The van der Waals surface area contributed by atoms with Crippen molar-refractivity contribution in [3.8, 4) is 17.6 Å². The lowest BCUT2D eigenvalue weighted by molar-refractivity contribution is 0.107. The number of nitrogens with zero attached hydrogens (tertiary/aromatic N) is 2. The van der Waals surface area contributed by atoms with Crippen LogP contribution in [0.2, 0.25) is 0 Å². The van der Waals surface area contributed by atoms with Gasteiger partial charge in [-0.05, 0) is 95.8 Å². The van der Waals surface area contributed by atoms with Crippen molar-refractivity contribution in [1.29, 1.82) is 5.26 Å². The average Bonchev–Trinajstić information content (AvgIpc) is 3.03. The van der Waals surface area contributed by atoms with E-state index in [1.165, 1.54) is 0 Å². The van der Waals surface area contributed by atoms with E-state index in [4.69, 9.17) is 9.47 Å². The first-order chi connectivity index (χ1) is 21.8. The fourth-order valence-electron chi connectivity index (χ4n) is 4.87. The summed E-state index contributed by atoms with van der Waals surface area (Å²) in [5, 5.41) is 12.8. The summed E-state index contributed by atoms with van der Waals surface area (Å²) < 4.78 is 38.4. The molecule has 0 bridgehead atoms. The predicted molar refractivity (Wildman–Crippen MR) is 177 cm³/mol. The van der Waals surface area contributed by atoms with Gasteiger partial charge in [0.2, 0.25) is 10.0 Å². The number of pyridine rings is 1. The maximum absolute atomic E-state index is 11.9. The van der Waals surface area contributed by atoms with Gasteiger partial charge in [-0.3, -0.25) is 9.71 Å². The number of aromatic nitrogens is 1. The first kappa shape index (κ1) is 31.3. The molecule has 0 saturated heterocycles. The molecule has 0 aliphatic heterocycles. The molecule has 0 fully saturated rings. The van der Waals surface area contributed by atoms with Gasteiger partial charge in [0, 0.05) is 18.1 Å². The van der Waals surface area contributed by atoms with Crippen molar-refractivity contribution >= 4 is 21.4 Å². The van der Waals surface area contributed by atoms with Crippen LogP contribution in [-0.4, -0.2) is 19.7 Å². The molecule has 4 aromatic carbocycles. The van der Waals surface area contributed by atoms with Gasteiger partial charge in [-0.25, -0.2) is 8.42 Å². The van der Waals surface area contributed by atoms with Crippen LogP contribution in [0.5, 0.6) is 11.5 Å². The Morgan fingerprint density at radius 3 is 2.24 bits per heavy atom. The molecule has 0 amide bonds. The van der Waals surface area contributed by atoms with Crippen LogP contribution in [0.1, 0.15) is 39.4 Å². The topological polar surface area (TPSA) is 113 Å². The number of anilines is 2. The summed E-state index contributed by atoms with van der Waals surface area (Å²) in [6.07, 6.45) is 5.31. The van der Waals surface area contributed by atoms with E-state index in [1.807, 2.05) is 104 Å². The van der Waals surface area contributed by atoms with Crippen LogP contribution in [0, 0.1) is 18.3 Å². The molecular formula is C36H34N4O4S. The van der Waals surface area contributed by atoms with Gasteiger partial charge in [0.25, 0.3) is 0 Å². The number of hydrogen-bond donors (Lipinski definition) is 2. The summed E-state index contributed by atoms with van der Waals surface area (Å²) in [5.74, 6) is 1.41. The number of nitrogens with one attached hydrogen (secondary N) is 2. The number of sulfonamides is 1. The summed E-state index contributed by atoms with van der Waals surface area (Å²) in [7, 11) is -3.43. The minimum absolute atomic E-state index is 0.153. The van der Waals surface area contributed by atoms with Crippen LogP contribution >= 0.6 is 0 Å². The Balaban J connectivity index is 1.32. The Hall–Kier alpha value is -5.17. The summed E-state index contributed by atoms with van der Waals surface area (Å²) in [4.78, 5) is 4.12. The molecule has 0 aliphatic carbocycles. The minimum Gasteiger partial charge on any atom is -0.457 e. The number of nitriles is 1. The van der Waals surface area contributed by atoms with Crippen molar-refractivity contribution in [3.63, 3.8) is 0 Å². The van der Waals surface area contributed by atoms with Crippen LogP contribution in [-0.2, 0) is 34.4 Å². The molecule has 0 aliphatic rings. The van der Waals surface area contributed by atoms with Gasteiger partial charge in [-0.1, -0.05) is 48.5 Å². The van der Waals surface area contributed by atoms with Crippen LogP contribution < -0.4 is 14.8 Å². The van der Waals surface area contributed by atoms with E-state index in [0.717, 1.165) is 39.8 Å². The fraction of sp³-hybridized carbons (Fsp3) is 0.167. The summed E-state index contributed by atoms with van der Waals surface area (Å²) >= 11 is 0. The quantitative estimate of drug-likeness (QED) is 0.140. The van der Waals surface area contributed by atoms with E-state index in [1.54, 1.807) is 18.5 Å². The molecule has 1 aromatic heterocycles. The number of benzene rings is 4. The van der Waals surface area contributed by atoms with Crippen molar-refractivity contribution in [1.82, 2.24) is 4.98 Å². The lowest BCUT2D eigenvalue weighted by atomic mass is 9.97. The molecule has 1 unspecified atom stereocenters. The molecular weight excluding hydrogens is 584 g/mol. The van der Waals surface area contributed by atoms with Crippen LogP contribution in [0.25, 0.3) is 0 Å². The van der Waals surface area contributed by atoms with Gasteiger partial charge in [0.05, 0.1) is 42.8 Å². The van der Waals surface area contributed by atoms with Crippen LogP contribution in [0.4, 0.5) is 11.4 Å². The van der Waals surface area contributed by atoms with Crippen molar-refractivity contribution < 1.29 is 17.9 Å². The zero-order valence-electron chi connectivity index (χ0n) is 25.1. The fourth-order valence-corrected chi connectivity index (χ4v) is 5.49. The highest BCUT2D eigenvalue weighted by atomic mass is 32.2. The van der Waals surface area contributed by atoms with Crippen molar-refractivity contribution in [2.24, 2.45) is 0 Å². The third kappa shape index (κ3) is 9.16. The van der Waals surface area contributed by atoms with Crippen molar-refractivity contribution in [2.45, 2.75) is 32.6 Å². The first-order valence-electron chi connectivity index (χ1n) is 14.4. The lowest BCUT2D eigenvalue weighted by Crippen LogP contribution is -2.16. The Labute approximate surface area is 264 Å². The Morgan fingerprint density at radius 2 is 1.53 bits per heavy atom. The van der Waals surface area contributed by atoms with E-state index in [-0.39, 0.29) is 6.04 Å². The molecule has 45 heavy (non-hydrogen) atoms. The third-order valence-corrected chi connectivity index (χ3v) is 7.75. The predicted octanol–water partition coefficient (Wildman–Crippen LogP) is 7.54. The highest BCUT2D eigenvalue weighted by molar-refractivity contribution is 7.92. The molecule has 5 aromatic rings. The molecule has 2 N–H and O–H groups in total. The Kier molecular flexibility index (Phi) is 10.1. The van der Waals surface area contributed by atoms with E-state index >= 15 is 0 Å². The second kappa shape index (κ2) is 14.5. The second-order valence-electron chi connectivity index (χ2n) is 10.7. The molecule has 0 radical (unpaired) electrons. The Bertz CT molecular complexity index is 1870. The van der Waals surface area contributed by atoms with Crippen LogP contribution in [0.3, 0.4) is 0 Å². The Morgan fingerprint density at radius 1 is 0.822 bits per heavy atom. The van der Waals surface area contributed by atoms with E-state index in [2.05, 4.69) is 21.1 Å². The van der Waals surface area contributed by atoms with Gasteiger partial charge in [0.1, 0.15) is 11.5 Å². The van der Waals surface area contributed by atoms with E-state index in [0.29, 0.717) is 42.4 Å². The second-order valence-corrected chi connectivity index (χ2v) is 12.5. The van der Waals surface area contributed by atoms with E-state index < -0.39 is 10.0 Å². The third-order valence-electron chi connectivity index (χ3n) is 7.16. The van der Waals surface area contributed by atoms with Gasteiger partial charge in [-0.2, -0.15) is 5.26 Å². The van der Waals surface area contributed by atoms with Gasteiger partial charge in [0.15, 0.2) is 0 Å². The van der Waals surface area contributed by atoms with Crippen molar-refractivity contribution in [3.05, 3.63) is 149 Å². The minimum atomic E-state index is -3.43. The zero-order valence-corrected chi connectivity index (χ0v) is 25.9. The SMILES string of the molecule is Cc1c(NC(Cc2ccc(C#N)cc2)c2ccc(Oc3cccc(COCc4cccnc4)c3)cc2)cccc1NS(C)(=O)=O. The number of ether oxygens (including phenoxy) is 2. The highest BCUT2D eigenvalue weighted by Gasteiger charge is 2.16. The largest absolute Gasteiger partial charge is 0.457 e. The standard InChI is InChI=1S/C36H34N4O4S/c1-26-34(9-4-10-35(26)40-45(2,41)42)39-36(21-27-11-13-28(22-37)14-12-27)31-15-17-32(18-16-31)44-33-8-3-6-29(20-33)24-43-25-30-7-5-19-38-23-30/h3-20,23,36,39-40H,21,24-25H2,1-2H3. The molecule has 0 saturated carbocycles. The smallest absolute Gasteiger partial charge is 0.229 e. The maximum Gasteiger partial charge on any atom is 0.229 e. The molecule has 228 valence electrons. The zero-order chi connectivity index (χ0) is 31.6. The summed E-state index contributed by atoms with van der Waals surface area (Å²) in [6, 6.07) is 34.6. The first-order valence-corrected chi connectivity index (χ1v) is 16.3.